The molecule has 0 aliphatic rings. The minimum absolute atomic E-state index is 0.272. The second kappa shape index (κ2) is 3.18. The molecule has 0 unspecified atom stereocenters. The second-order valence-corrected chi connectivity index (χ2v) is 2.92. The van der Waals surface area contributed by atoms with Gasteiger partial charge in [0.2, 0.25) is 0 Å². The monoisotopic (exact) mass is 186 g/mol. The number of hydrogen-bond donors (Lipinski definition) is 2. The van der Waals surface area contributed by atoms with Crippen molar-refractivity contribution in [2.45, 2.75) is 18.4 Å². The van der Waals surface area contributed by atoms with Crippen LogP contribution in [0, 0.1) is 0 Å². The Morgan fingerprint density at radius 2 is 2.08 bits per heavy atom. The topological polar surface area (TPSA) is 54.9 Å². The molecule has 0 spiro atoms. The summed E-state index contributed by atoms with van der Waals surface area (Å²) in [7, 11) is 1.44. The van der Waals surface area contributed by atoms with Crippen LogP contribution in [0.25, 0.3) is 0 Å². The Hall–Kier alpha value is -0.970. The zero-order chi connectivity index (χ0) is 9.30. The van der Waals surface area contributed by atoms with Crippen LogP contribution in [0.15, 0.2) is 14.6 Å². The van der Waals surface area contributed by atoms with Crippen molar-refractivity contribution in [1.29, 1.82) is 0 Å². The van der Waals surface area contributed by atoms with Gasteiger partial charge in [-0.15, -0.1) is 12.6 Å². The van der Waals surface area contributed by atoms with Crippen LogP contribution >= 0.6 is 12.6 Å². The zero-order valence-corrected chi connectivity index (χ0v) is 7.81. The molecule has 0 aliphatic carbocycles. The second-order valence-electron chi connectivity index (χ2n) is 2.48. The highest BCUT2D eigenvalue weighted by atomic mass is 32.1. The van der Waals surface area contributed by atoms with Gasteiger partial charge >= 0.3 is 5.69 Å². The number of nitrogens with one attached hydrogen (secondary N) is 1. The molecule has 0 bridgehead atoms. The maximum atomic E-state index is 11.3. The highest BCUT2D eigenvalue weighted by Crippen LogP contribution is 2.02. The summed E-state index contributed by atoms with van der Waals surface area (Å²) in [6.45, 7) is 1.84. The fourth-order valence-corrected chi connectivity index (χ4v) is 1.32. The van der Waals surface area contributed by atoms with Crippen LogP contribution in [0.2, 0.25) is 0 Å². The van der Waals surface area contributed by atoms with Gasteiger partial charge in [-0.3, -0.25) is 9.36 Å². The average molecular weight is 186 g/mol. The first-order chi connectivity index (χ1) is 5.57. The third kappa shape index (κ3) is 1.32. The third-order valence-corrected chi connectivity index (χ3v) is 2.11. The van der Waals surface area contributed by atoms with E-state index in [9.17, 15) is 9.59 Å². The Morgan fingerprint density at radius 1 is 1.50 bits per heavy atom. The fourth-order valence-electron chi connectivity index (χ4n) is 0.975. The lowest BCUT2D eigenvalue weighted by atomic mass is 10.3. The van der Waals surface area contributed by atoms with Gasteiger partial charge in [0.25, 0.3) is 5.56 Å². The highest BCUT2D eigenvalue weighted by Gasteiger charge is 2.06. The van der Waals surface area contributed by atoms with Crippen LogP contribution < -0.4 is 11.2 Å². The van der Waals surface area contributed by atoms with Crippen molar-refractivity contribution in [3.05, 3.63) is 26.4 Å². The number of hydrogen-bond acceptors (Lipinski definition) is 3. The van der Waals surface area contributed by atoms with Crippen LogP contribution in [0.1, 0.15) is 12.5 Å². The van der Waals surface area contributed by atoms with Crippen molar-refractivity contribution < 1.29 is 0 Å². The number of aromatic amines is 1. The Labute approximate surface area is 74.7 Å². The summed E-state index contributed by atoms with van der Waals surface area (Å²) < 4.78 is 1.04. The van der Waals surface area contributed by atoms with Crippen molar-refractivity contribution in [1.82, 2.24) is 9.55 Å². The number of H-pyrrole nitrogens is 1. The molecule has 0 saturated heterocycles. The molecular weight excluding hydrogens is 176 g/mol. The van der Waals surface area contributed by atoms with Crippen molar-refractivity contribution in [2.24, 2.45) is 7.05 Å². The lowest BCUT2D eigenvalue weighted by Gasteiger charge is -2.02. The van der Waals surface area contributed by atoms with Gasteiger partial charge in [-0.25, -0.2) is 4.79 Å². The molecule has 0 atom stereocenters. The van der Waals surface area contributed by atoms with Gasteiger partial charge in [0, 0.05) is 12.6 Å². The molecule has 66 valence electrons. The highest BCUT2D eigenvalue weighted by molar-refractivity contribution is 7.80. The SMILES string of the molecule is CCc1c(S)[nH]c(=O)n(C)c1=O. The number of aromatic nitrogens is 2. The maximum absolute atomic E-state index is 11.3. The molecule has 0 fully saturated rings. The summed E-state index contributed by atoms with van der Waals surface area (Å²) >= 11 is 4.00. The Kier molecular flexibility index (Phi) is 2.42. The molecular formula is C7H10N2O2S. The van der Waals surface area contributed by atoms with Crippen molar-refractivity contribution in [2.75, 3.05) is 0 Å². The molecule has 1 heterocycles. The van der Waals surface area contributed by atoms with Crippen LogP contribution in [-0.2, 0) is 13.5 Å². The first kappa shape index (κ1) is 9.12. The van der Waals surface area contributed by atoms with Crippen molar-refractivity contribution in [3.8, 4) is 0 Å². The number of rotatable bonds is 1. The lowest BCUT2D eigenvalue weighted by Crippen LogP contribution is -2.35. The number of thiol groups is 1. The van der Waals surface area contributed by atoms with Crippen LogP contribution in [0.3, 0.4) is 0 Å². The molecule has 1 aromatic heterocycles. The van der Waals surface area contributed by atoms with E-state index in [1.165, 1.54) is 7.05 Å². The Morgan fingerprint density at radius 3 is 2.58 bits per heavy atom. The molecule has 0 aliphatic heterocycles. The van der Waals surface area contributed by atoms with Crippen LogP contribution in [-0.4, -0.2) is 9.55 Å². The molecule has 1 N–H and O–H groups in total. The smallest absolute Gasteiger partial charge is 0.302 e. The predicted molar refractivity (Wildman–Crippen MR) is 48.9 cm³/mol. The van der Waals surface area contributed by atoms with Crippen molar-refractivity contribution in [3.63, 3.8) is 0 Å². The van der Waals surface area contributed by atoms with Gasteiger partial charge in [0.05, 0.1) is 5.03 Å². The first-order valence-corrected chi connectivity index (χ1v) is 4.03. The van der Waals surface area contributed by atoms with E-state index in [-0.39, 0.29) is 5.56 Å². The standard InChI is InChI=1S/C7H10N2O2S/c1-3-4-5(12)8-7(11)9(2)6(4)10/h12H,3H2,1-2H3,(H,8,11). The quantitative estimate of drug-likeness (QED) is 0.476. The lowest BCUT2D eigenvalue weighted by molar-refractivity contribution is 0.722. The Bertz CT molecular complexity index is 405. The van der Waals surface area contributed by atoms with E-state index in [2.05, 4.69) is 17.6 Å². The summed E-state index contributed by atoms with van der Waals surface area (Å²) in [5.74, 6) is 0. The van der Waals surface area contributed by atoms with E-state index in [1.807, 2.05) is 6.92 Å². The van der Waals surface area contributed by atoms with E-state index in [0.29, 0.717) is 17.0 Å². The first-order valence-electron chi connectivity index (χ1n) is 3.59. The molecule has 0 saturated carbocycles. The molecule has 0 aromatic carbocycles. The van der Waals surface area contributed by atoms with E-state index in [1.54, 1.807) is 0 Å². The largest absolute Gasteiger partial charge is 0.328 e. The predicted octanol–water partition coefficient (Wildman–Crippen LogP) is -0.0753. The Balaban J connectivity index is 3.63. The fraction of sp³-hybridized carbons (Fsp3) is 0.429. The van der Waals surface area contributed by atoms with Crippen molar-refractivity contribution >= 4 is 12.6 Å². The van der Waals surface area contributed by atoms with E-state index >= 15 is 0 Å². The number of nitrogens with zero attached hydrogens (tertiary/aromatic N) is 1. The van der Waals surface area contributed by atoms with Gasteiger partial charge < -0.3 is 4.98 Å². The molecule has 12 heavy (non-hydrogen) atoms. The summed E-state index contributed by atoms with van der Waals surface area (Å²) in [6.07, 6.45) is 0.572. The van der Waals surface area contributed by atoms with E-state index < -0.39 is 5.69 Å². The minimum Gasteiger partial charge on any atom is -0.302 e. The van der Waals surface area contributed by atoms with Gasteiger partial charge in [-0.05, 0) is 6.42 Å². The summed E-state index contributed by atoms with van der Waals surface area (Å²) in [5, 5.41) is 0.366. The van der Waals surface area contributed by atoms with Crippen LogP contribution in [0.4, 0.5) is 0 Å². The van der Waals surface area contributed by atoms with Gasteiger partial charge in [-0.1, -0.05) is 6.92 Å². The van der Waals surface area contributed by atoms with Gasteiger partial charge in [0.15, 0.2) is 0 Å². The van der Waals surface area contributed by atoms with Gasteiger partial charge in [-0.2, -0.15) is 0 Å². The molecule has 1 rings (SSSR count). The maximum Gasteiger partial charge on any atom is 0.328 e. The molecule has 5 heteroatoms. The third-order valence-electron chi connectivity index (χ3n) is 1.73. The summed E-state index contributed by atoms with van der Waals surface area (Å²) in [4.78, 5) is 24.8. The average Bonchev–Trinajstić information content (AvgIpc) is 2.01. The molecule has 0 amide bonds. The van der Waals surface area contributed by atoms with Crippen LogP contribution in [0.5, 0.6) is 0 Å². The summed E-state index contributed by atoms with van der Waals surface area (Å²) in [6, 6.07) is 0. The van der Waals surface area contributed by atoms with E-state index in [4.69, 9.17) is 0 Å². The molecule has 4 nitrogen and oxygen atoms in total. The molecule has 0 radical (unpaired) electrons. The summed E-state index contributed by atoms with van der Waals surface area (Å²) in [5.41, 5.74) is -0.158. The van der Waals surface area contributed by atoms with E-state index in [0.717, 1.165) is 4.57 Å². The molecule has 1 aromatic rings. The van der Waals surface area contributed by atoms with Gasteiger partial charge in [0.1, 0.15) is 0 Å². The normalized spacial score (nSPS) is 10.2. The minimum atomic E-state index is -0.429. The zero-order valence-electron chi connectivity index (χ0n) is 6.92.